The maximum atomic E-state index is 5.50. The summed E-state index contributed by atoms with van der Waals surface area (Å²) in [5.41, 5.74) is 0. The van der Waals surface area contributed by atoms with Crippen LogP contribution in [0.25, 0.3) is 0 Å². The van der Waals surface area contributed by atoms with Crippen LogP contribution in [0.3, 0.4) is 0 Å². The third kappa shape index (κ3) is 11.2. The van der Waals surface area contributed by atoms with Crippen LogP contribution in [0.4, 0.5) is 0 Å². The zero-order valence-electron chi connectivity index (χ0n) is 16.1. The van der Waals surface area contributed by atoms with Gasteiger partial charge in [-0.2, -0.15) is 0 Å². The van der Waals surface area contributed by atoms with Gasteiger partial charge in [-0.15, -0.1) is 0 Å². The molecule has 0 fully saturated rings. The average molecular weight is 350 g/mol. The first kappa shape index (κ1) is 23.0. The van der Waals surface area contributed by atoms with Crippen molar-refractivity contribution in [1.29, 1.82) is 0 Å². The van der Waals surface area contributed by atoms with Gasteiger partial charge in [-0.05, 0) is 39.3 Å². The van der Waals surface area contributed by atoms with E-state index in [1.807, 2.05) is 6.92 Å². The maximum Gasteiger partial charge on any atom is 0.500 e. The molecule has 0 atom stereocenters. The van der Waals surface area contributed by atoms with E-state index >= 15 is 0 Å². The first-order valence-electron chi connectivity index (χ1n) is 9.13. The minimum Gasteiger partial charge on any atom is -0.382 e. The van der Waals surface area contributed by atoms with E-state index in [0.717, 1.165) is 45.2 Å². The van der Waals surface area contributed by atoms with Crippen molar-refractivity contribution in [3.8, 4) is 0 Å². The summed E-state index contributed by atoms with van der Waals surface area (Å²) < 4.78 is 22.0. The lowest BCUT2D eigenvalue weighted by molar-refractivity contribution is 0.118. The lowest BCUT2D eigenvalue weighted by Crippen LogP contribution is -2.43. The Morgan fingerprint density at radius 1 is 0.739 bits per heavy atom. The standard InChI is InChI=1S/C17H39NO4Si/c1-6-8-9-10-13-18(14-11-16-22-7-2)15-12-17-23(19-3,20-4)21-5/h6-17H2,1-5H3. The van der Waals surface area contributed by atoms with Gasteiger partial charge in [0, 0.05) is 47.1 Å². The highest BCUT2D eigenvalue weighted by atomic mass is 28.4. The summed E-state index contributed by atoms with van der Waals surface area (Å²) in [7, 11) is 2.63. The smallest absolute Gasteiger partial charge is 0.382 e. The van der Waals surface area contributed by atoms with E-state index in [0.29, 0.717) is 0 Å². The fourth-order valence-electron chi connectivity index (χ4n) is 2.71. The molecule has 0 rings (SSSR count). The van der Waals surface area contributed by atoms with Gasteiger partial charge in [0.15, 0.2) is 0 Å². The van der Waals surface area contributed by atoms with Crippen LogP contribution in [0.2, 0.25) is 6.04 Å². The van der Waals surface area contributed by atoms with Crippen molar-refractivity contribution < 1.29 is 18.0 Å². The van der Waals surface area contributed by atoms with Gasteiger partial charge in [0.2, 0.25) is 0 Å². The first-order valence-corrected chi connectivity index (χ1v) is 11.1. The highest BCUT2D eigenvalue weighted by Gasteiger charge is 2.36. The zero-order valence-corrected chi connectivity index (χ0v) is 17.1. The predicted molar refractivity (Wildman–Crippen MR) is 97.9 cm³/mol. The molecule has 5 nitrogen and oxygen atoms in total. The summed E-state index contributed by atoms with van der Waals surface area (Å²) >= 11 is 0. The second-order valence-corrected chi connectivity index (χ2v) is 8.94. The van der Waals surface area contributed by atoms with Gasteiger partial charge in [0.25, 0.3) is 0 Å². The van der Waals surface area contributed by atoms with E-state index in [4.69, 9.17) is 18.0 Å². The van der Waals surface area contributed by atoms with Crippen LogP contribution >= 0.6 is 0 Å². The number of hydrogen-bond acceptors (Lipinski definition) is 5. The van der Waals surface area contributed by atoms with Crippen LogP contribution in [0.5, 0.6) is 0 Å². The summed E-state index contributed by atoms with van der Waals surface area (Å²) in [6.07, 6.45) is 7.37. The molecule has 0 amide bonds. The molecule has 0 aliphatic rings. The van der Waals surface area contributed by atoms with Crippen LogP contribution in [-0.4, -0.2) is 67.9 Å². The second-order valence-electron chi connectivity index (χ2n) is 5.85. The number of nitrogens with zero attached hydrogens (tertiary/aromatic N) is 1. The summed E-state index contributed by atoms with van der Waals surface area (Å²) in [5.74, 6) is 0. The molecule has 0 aromatic rings. The topological polar surface area (TPSA) is 40.2 Å². The van der Waals surface area contributed by atoms with E-state index < -0.39 is 8.80 Å². The third-order valence-electron chi connectivity index (χ3n) is 4.19. The van der Waals surface area contributed by atoms with E-state index in [2.05, 4.69) is 11.8 Å². The SMILES string of the molecule is CCCCCCN(CCCOCC)CCC[Si](OC)(OC)OC. The van der Waals surface area contributed by atoms with Crippen LogP contribution < -0.4 is 0 Å². The average Bonchev–Trinajstić information content (AvgIpc) is 2.59. The van der Waals surface area contributed by atoms with Gasteiger partial charge < -0.3 is 22.9 Å². The molecule has 0 spiro atoms. The lowest BCUT2D eigenvalue weighted by atomic mass is 10.2. The van der Waals surface area contributed by atoms with Crippen molar-refractivity contribution in [3.63, 3.8) is 0 Å². The summed E-state index contributed by atoms with van der Waals surface area (Å²) in [6.45, 7) is 9.32. The largest absolute Gasteiger partial charge is 0.500 e. The fraction of sp³-hybridized carbons (Fsp3) is 1.00. The minimum atomic E-state index is -2.42. The van der Waals surface area contributed by atoms with Gasteiger partial charge in [-0.1, -0.05) is 26.2 Å². The van der Waals surface area contributed by atoms with Crippen molar-refractivity contribution in [2.24, 2.45) is 0 Å². The molecule has 0 aromatic carbocycles. The molecule has 0 aliphatic carbocycles. The van der Waals surface area contributed by atoms with Gasteiger partial charge in [0.1, 0.15) is 0 Å². The van der Waals surface area contributed by atoms with Gasteiger partial charge in [-0.25, -0.2) is 0 Å². The Kier molecular flexibility index (Phi) is 15.6. The second kappa shape index (κ2) is 15.5. The molecule has 0 aliphatic heterocycles. The van der Waals surface area contributed by atoms with Crippen molar-refractivity contribution >= 4 is 8.80 Å². The Balaban J connectivity index is 4.15. The Labute approximate surface area is 145 Å². The fourth-order valence-corrected chi connectivity index (χ4v) is 4.41. The van der Waals surface area contributed by atoms with Crippen molar-refractivity contribution in [2.45, 2.75) is 58.4 Å². The van der Waals surface area contributed by atoms with E-state index in [1.54, 1.807) is 21.3 Å². The molecule has 23 heavy (non-hydrogen) atoms. The third-order valence-corrected chi connectivity index (χ3v) is 7.02. The van der Waals surface area contributed by atoms with Crippen LogP contribution in [0.1, 0.15) is 52.4 Å². The summed E-state index contributed by atoms with van der Waals surface area (Å²) in [4.78, 5) is 2.55. The van der Waals surface area contributed by atoms with E-state index in [1.165, 1.54) is 32.2 Å². The predicted octanol–water partition coefficient (Wildman–Crippen LogP) is 3.56. The van der Waals surface area contributed by atoms with Crippen molar-refractivity contribution in [1.82, 2.24) is 4.90 Å². The normalized spacial score (nSPS) is 12.3. The molecule has 0 unspecified atom stereocenters. The van der Waals surface area contributed by atoms with Crippen molar-refractivity contribution in [2.75, 3.05) is 54.2 Å². The summed E-state index contributed by atoms with van der Waals surface area (Å²) in [5, 5.41) is 0. The highest BCUT2D eigenvalue weighted by Crippen LogP contribution is 2.15. The molecule has 0 heterocycles. The molecule has 0 bridgehead atoms. The molecular formula is C17H39NO4Si. The van der Waals surface area contributed by atoms with Crippen molar-refractivity contribution in [3.05, 3.63) is 0 Å². The number of hydrogen-bond donors (Lipinski definition) is 0. The van der Waals surface area contributed by atoms with Crippen LogP contribution in [0, 0.1) is 0 Å². The molecule has 0 aromatic heterocycles. The summed E-state index contributed by atoms with van der Waals surface area (Å²) in [6, 6.07) is 0.868. The monoisotopic (exact) mass is 349 g/mol. The molecule has 0 N–H and O–H groups in total. The molecular weight excluding hydrogens is 310 g/mol. The molecule has 0 saturated carbocycles. The molecule has 6 heteroatoms. The quantitative estimate of drug-likeness (QED) is 0.297. The zero-order chi connectivity index (χ0) is 17.4. The van der Waals surface area contributed by atoms with E-state index in [9.17, 15) is 0 Å². The number of rotatable bonds is 17. The Bertz CT molecular complexity index is 232. The lowest BCUT2D eigenvalue weighted by Gasteiger charge is -2.27. The number of unbranched alkanes of at least 4 members (excludes halogenated alkanes) is 3. The number of ether oxygens (including phenoxy) is 1. The van der Waals surface area contributed by atoms with E-state index in [-0.39, 0.29) is 0 Å². The molecule has 0 saturated heterocycles. The van der Waals surface area contributed by atoms with Gasteiger partial charge in [-0.3, -0.25) is 0 Å². The molecule has 0 radical (unpaired) electrons. The minimum absolute atomic E-state index is 0.806. The first-order chi connectivity index (χ1) is 11.2. The van der Waals surface area contributed by atoms with Crippen LogP contribution in [0.15, 0.2) is 0 Å². The maximum absolute atomic E-state index is 5.50. The van der Waals surface area contributed by atoms with Gasteiger partial charge in [0.05, 0.1) is 0 Å². The van der Waals surface area contributed by atoms with Gasteiger partial charge >= 0.3 is 8.80 Å². The Morgan fingerprint density at radius 3 is 1.91 bits per heavy atom. The molecule has 140 valence electrons. The van der Waals surface area contributed by atoms with Crippen LogP contribution in [-0.2, 0) is 18.0 Å². The highest BCUT2D eigenvalue weighted by molar-refractivity contribution is 6.60. The Hall–Kier alpha value is 0.0169. The Morgan fingerprint density at radius 2 is 1.35 bits per heavy atom.